The number of amides is 1. The van der Waals surface area contributed by atoms with Crippen molar-refractivity contribution < 1.29 is 18.3 Å². The van der Waals surface area contributed by atoms with E-state index in [4.69, 9.17) is 9.15 Å². The lowest BCUT2D eigenvalue weighted by Gasteiger charge is -2.12. The Labute approximate surface area is 156 Å². The van der Waals surface area contributed by atoms with Gasteiger partial charge in [-0.1, -0.05) is 12.1 Å². The maximum atomic E-state index is 13.1. The molecule has 7 heteroatoms. The van der Waals surface area contributed by atoms with Gasteiger partial charge in [0, 0.05) is 29.9 Å². The van der Waals surface area contributed by atoms with E-state index in [0.717, 1.165) is 11.4 Å². The number of nitrogens with zero attached hydrogens (tertiary/aromatic N) is 2. The summed E-state index contributed by atoms with van der Waals surface area (Å²) in [6.07, 6.45) is 1.89. The summed E-state index contributed by atoms with van der Waals surface area (Å²) < 4.78 is 23.8. The van der Waals surface area contributed by atoms with Gasteiger partial charge in [0.15, 0.2) is 12.3 Å². The van der Waals surface area contributed by atoms with Gasteiger partial charge in [-0.3, -0.25) is 9.78 Å². The Morgan fingerprint density at radius 2 is 2.07 bits per heavy atom. The maximum absolute atomic E-state index is 13.1. The molecule has 27 heavy (non-hydrogen) atoms. The summed E-state index contributed by atoms with van der Waals surface area (Å²) in [6, 6.07) is 11.4. The Hall–Kier alpha value is -3.22. The molecule has 0 saturated carbocycles. The number of carbonyl (C=O) groups is 1. The molecule has 0 saturated heterocycles. The van der Waals surface area contributed by atoms with E-state index >= 15 is 0 Å². The average molecular weight is 369 g/mol. The molecule has 3 aromatic rings. The lowest BCUT2D eigenvalue weighted by Crippen LogP contribution is -2.34. The van der Waals surface area contributed by atoms with Crippen LogP contribution in [0.2, 0.25) is 0 Å². The third-order valence-corrected chi connectivity index (χ3v) is 3.78. The second kappa shape index (κ2) is 8.44. The number of carbonyl (C=O) groups excluding carboxylic acids is 1. The molecule has 6 nitrogen and oxygen atoms in total. The zero-order valence-electron chi connectivity index (χ0n) is 15.1. The predicted octanol–water partition coefficient (Wildman–Crippen LogP) is 3.46. The monoisotopic (exact) mass is 369 g/mol. The lowest BCUT2D eigenvalue weighted by molar-refractivity contribution is 0.0935. The summed E-state index contributed by atoms with van der Waals surface area (Å²) in [7, 11) is 0. The standard InChI is InChI=1S/C20H20FN3O3/c1-13-5-3-7-16(22-13)9-14(2)23-20(25)18-11-27-19(24-18)12-26-17-8-4-6-15(21)10-17/h3-8,10-11,14H,9,12H2,1-2H3,(H,23,25)/t14-/m1/s1. The summed E-state index contributed by atoms with van der Waals surface area (Å²) in [5.74, 6) is -0.135. The van der Waals surface area contributed by atoms with Crippen LogP contribution in [0.15, 0.2) is 53.1 Å². The topological polar surface area (TPSA) is 77.2 Å². The van der Waals surface area contributed by atoms with Crippen LogP contribution in [0.5, 0.6) is 5.75 Å². The highest BCUT2D eigenvalue weighted by atomic mass is 19.1. The van der Waals surface area contributed by atoms with Crippen molar-refractivity contribution in [2.24, 2.45) is 0 Å². The molecule has 0 aliphatic carbocycles. The van der Waals surface area contributed by atoms with Crippen molar-refractivity contribution in [1.82, 2.24) is 15.3 Å². The summed E-state index contributed by atoms with van der Waals surface area (Å²) in [6.45, 7) is 3.82. The van der Waals surface area contributed by atoms with Crippen molar-refractivity contribution in [3.63, 3.8) is 0 Å². The number of aromatic nitrogens is 2. The van der Waals surface area contributed by atoms with E-state index in [2.05, 4.69) is 15.3 Å². The molecular weight excluding hydrogens is 349 g/mol. The molecule has 0 aliphatic heterocycles. The fraction of sp³-hybridized carbons (Fsp3) is 0.250. The first-order valence-corrected chi connectivity index (χ1v) is 8.56. The first-order valence-electron chi connectivity index (χ1n) is 8.56. The van der Waals surface area contributed by atoms with Crippen molar-refractivity contribution in [2.75, 3.05) is 0 Å². The van der Waals surface area contributed by atoms with Crippen molar-refractivity contribution in [1.29, 1.82) is 0 Å². The SMILES string of the molecule is Cc1cccc(C[C@@H](C)NC(=O)c2coc(COc3cccc(F)c3)n2)n1. The summed E-state index contributed by atoms with van der Waals surface area (Å²) in [4.78, 5) is 20.8. The molecule has 1 aromatic carbocycles. The van der Waals surface area contributed by atoms with Crippen LogP contribution in [-0.2, 0) is 13.0 Å². The number of nitrogens with one attached hydrogen (secondary N) is 1. The first-order chi connectivity index (χ1) is 13.0. The second-order valence-electron chi connectivity index (χ2n) is 6.22. The van der Waals surface area contributed by atoms with Gasteiger partial charge in [0.05, 0.1) is 0 Å². The van der Waals surface area contributed by atoms with Gasteiger partial charge in [-0.25, -0.2) is 9.37 Å². The van der Waals surface area contributed by atoms with E-state index in [9.17, 15) is 9.18 Å². The molecule has 3 rings (SSSR count). The third-order valence-electron chi connectivity index (χ3n) is 3.78. The zero-order valence-corrected chi connectivity index (χ0v) is 15.1. The van der Waals surface area contributed by atoms with Gasteiger partial charge in [-0.05, 0) is 38.1 Å². The summed E-state index contributed by atoms with van der Waals surface area (Å²) >= 11 is 0. The normalized spacial score (nSPS) is 11.8. The molecule has 1 atom stereocenters. The number of ether oxygens (including phenoxy) is 1. The smallest absolute Gasteiger partial charge is 0.273 e. The van der Waals surface area contributed by atoms with Crippen molar-refractivity contribution in [3.05, 3.63) is 77.5 Å². The number of hydrogen-bond donors (Lipinski definition) is 1. The van der Waals surface area contributed by atoms with E-state index in [-0.39, 0.29) is 30.1 Å². The highest BCUT2D eigenvalue weighted by Crippen LogP contribution is 2.14. The Morgan fingerprint density at radius 1 is 1.26 bits per heavy atom. The van der Waals surface area contributed by atoms with Crippen LogP contribution in [0.1, 0.15) is 34.7 Å². The number of aryl methyl sites for hydroxylation is 1. The van der Waals surface area contributed by atoms with Gasteiger partial charge in [-0.15, -0.1) is 0 Å². The maximum Gasteiger partial charge on any atom is 0.273 e. The molecule has 140 valence electrons. The molecule has 1 amide bonds. The predicted molar refractivity (Wildman–Crippen MR) is 96.8 cm³/mol. The van der Waals surface area contributed by atoms with Crippen LogP contribution in [0.3, 0.4) is 0 Å². The Balaban J connectivity index is 1.53. The van der Waals surface area contributed by atoms with Gasteiger partial charge in [0.1, 0.15) is 17.8 Å². The summed E-state index contributed by atoms with van der Waals surface area (Å²) in [5.41, 5.74) is 2.01. The molecule has 1 N–H and O–H groups in total. The number of halogens is 1. The number of oxazole rings is 1. The molecule has 2 aromatic heterocycles. The van der Waals surface area contributed by atoms with Gasteiger partial charge in [0.2, 0.25) is 5.89 Å². The van der Waals surface area contributed by atoms with Crippen molar-refractivity contribution in [2.45, 2.75) is 32.9 Å². The Kier molecular flexibility index (Phi) is 5.80. The van der Waals surface area contributed by atoms with Crippen LogP contribution in [0.25, 0.3) is 0 Å². The number of benzene rings is 1. The summed E-state index contributed by atoms with van der Waals surface area (Å²) in [5, 5.41) is 2.87. The lowest BCUT2D eigenvalue weighted by atomic mass is 10.1. The van der Waals surface area contributed by atoms with Crippen molar-refractivity contribution >= 4 is 5.91 Å². The Bertz CT molecular complexity index is 926. The molecule has 0 unspecified atom stereocenters. The zero-order chi connectivity index (χ0) is 19.2. The van der Waals surface area contributed by atoms with Crippen LogP contribution in [0, 0.1) is 12.7 Å². The fourth-order valence-corrected chi connectivity index (χ4v) is 2.56. The molecule has 0 radical (unpaired) electrons. The van der Waals surface area contributed by atoms with Crippen molar-refractivity contribution in [3.8, 4) is 5.75 Å². The van der Waals surface area contributed by atoms with Crippen LogP contribution in [-0.4, -0.2) is 21.9 Å². The van der Waals surface area contributed by atoms with Crippen LogP contribution < -0.4 is 10.1 Å². The molecular formula is C20H20FN3O3. The van der Waals surface area contributed by atoms with Gasteiger partial charge in [0.25, 0.3) is 5.91 Å². The minimum Gasteiger partial charge on any atom is -0.484 e. The van der Waals surface area contributed by atoms with E-state index in [0.29, 0.717) is 12.2 Å². The number of pyridine rings is 1. The Morgan fingerprint density at radius 3 is 2.85 bits per heavy atom. The molecule has 0 bridgehead atoms. The van der Waals surface area contributed by atoms with E-state index in [1.165, 1.54) is 18.4 Å². The van der Waals surface area contributed by atoms with E-state index in [1.54, 1.807) is 12.1 Å². The number of rotatable bonds is 7. The van der Waals surface area contributed by atoms with Gasteiger partial charge >= 0.3 is 0 Å². The van der Waals surface area contributed by atoms with E-state index in [1.807, 2.05) is 32.0 Å². The molecule has 2 heterocycles. The quantitative estimate of drug-likeness (QED) is 0.690. The van der Waals surface area contributed by atoms with Crippen LogP contribution >= 0.6 is 0 Å². The minimum atomic E-state index is -0.392. The molecule has 0 spiro atoms. The second-order valence-corrected chi connectivity index (χ2v) is 6.22. The highest BCUT2D eigenvalue weighted by Gasteiger charge is 2.15. The highest BCUT2D eigenvalue weighted by molar-refractivity contribution is 5.92. The average Bonchev–Trinajstić information content (AvgIpc) is 3.09. The van der Waals surface area contributed by atoms with Gasteiger partial charge in [-0.2, -0.15) is 0 Å². The van der Waals surface area contributed by atoms with E-state index < -0.39 is 5.82 Å². The van der Waals surface area contributed by atoms with Gasteiger partial charge < -0.3 is 14.5 Å². The minimum absolute atomic E-state index is 0.000497. The molecule has 0 fully saturated rings. The number of hydrogen-bond acceptors (Lipinski definition) is 5. The first kappa shape index (κ1) is 18.6. The fourth-order valence-electron chi connectivity index (χ4n) is 2.56. The van der Waals surface area contributed by atoms with Crippen LogP contribution in [0.4, 0.5) is 4.39 Å². The molecule has 0 aliphatic rings. The third kappa shape index (κ3) is 5.37. The largest absolute Gasteiger partial charge is 0.484 e.